The number of aliphatic hydroxyl groups is 1. The highest BCUT2D eigenvalue weighted by molar-refractivity contribution is 5.63. The minimum absolute atomic E-state index is 0.0573. The molecule has 0 fully saturated rings. The van der Waals surface area contributed by atoms with Crippen LogP contribution in [0.4, 0.5) is 0 Å². The monoisotopic (exact) mass is 365 g/mol. The van der Waals surface area contributed by atoms with Gasteiger partial charge < -0.3 is 15.2 Å². The van der Waals surface area contributed by atoms with E-state index in [0.717, 1.165) is 35.5 Å². The Morgan fingerprint density at radius 1 is 1.04 bits per heavy atom. The number of hydrogen-bond acceptors (Lipinski definition) is 4. The van der Waals surface area contributed by atoms with Gasteiger partial charge in [-0.2, -0.15) is 5.10 Å². The summed E-state index contributed by atoms with van der Waals surface area (Å²) in [5, 5.41) is 17.0. The first-order valence-corrected chi connectivity index (χ1v) is 9.44. The Morgan fingerprint density at radius 3 is 2.52 bits per heavy atom. The van der Waals surface area contributed by atoms with Crippen molar-refractivity contribution >= 4 is 0 Å². The van der Waals surface area contributed by atoms with Crippen LogP contribution in [0.1, 0.15) is 18.1 Å². The summed E-state index contributed by atoms with van der Waals surface area (Å²) < 4.78 is 7.24. The molecule has 3 aromatic rings. The summed E-state index contributed by atoms with van der Waals surface area (Å²) in [7, 11) is 0. The predicted octanol–water partition coefficient (Wildman–Crippen LogP) is 3.20. The second-order valence-corrected chi connectivity index (χ2v) is 6.35. The molecule has 142 valence electrons. The number of aryl methyl sites for hydroxylation is 1. The molecule has 0 atom stereocenters. The molecule has 3 rings (SSSR count). The van der Waals surface area contributed by atoms with Crippen molar-refractivity contribution < 1.29 is 9.84 Å². The molecule has 27 heavy (non-hydrogen) atoms. The van der Waals surface area contributed by atoms with Crippen LogP contribution >= 0.6 is 0 Å². The number of hydrogen-bond donors (Lipinski definition) is 2. The van der Waals surface area contributed by atoms with E-state index in [9.17, 15) is 0 Å². The molecule has 0 saturated heterocycles. The maximum atomic E-state index is 8.76. The van der Waals surface area contributed by atoms with Crippen LogP contribution in [0.25, 0.3) is 16.9 Å². The second-order valence-electron chi connectivity index (χ2n) is 6.35. The zero-order valence-corrected chi connectivity index (χ0v) is 15.8. The Balaban J connectivity index is 1.79. The standard InChI is InChI=1S/C22H27N3O2/c1-2-18-8-10-19(11-9-18)22-20(16-23-12-14-27-15-13-26)17-25(24-22)21-6-4-3-5-7-21/h3-11,17,23,26H,2,12-16H2,1H3. The molecule has 5 heteroatoms. The third-order valence-electron chi connectivity index (χ3n) is 4.42. The van der Waals surface area contributed by atoms with Gasteiger partial charge in [0.25, 0.3) is 0 Å². The van der Waals surface area contributed by atoms with Crippen LogP contribution in [0, 0.1) is 0 Å². The molecule has 1 aromatic heterocycles. The fraction of sp³-hybridized carbons (Fsp3) is 0.318. The van der Waals surface area contributed by atoms with Crippen LogP contribution < -0.4 is 5.32 Å². The number of nitrogens with one attached hydrogen (secondary N) is 1. The van der Waals surface area contributed by atoms with E-state index >= 15 is 0 Å². The molecule has 0 saturated carbocycles. The summed E-state index contributed by atoms with van der Waals surface area (Å²) >= 11 is 0. The average Bonchev–Trinajstić information content (AvgIpc) is 3.15. The molecule has 0 radical (unpaired) electrons. The van der Waals surface area contributed by atoms with E-state index in [1.54, 1.807) is 0 Å². The van der Waals surface area contributed by atoms with Crippen molar-refractivity contribution in [3.05, 3.63) is 71.9 Å². The minimum atomic E-state index is 0.0573. The highest BCUT2D eigenvalue weighted by Gasteiger charge is 2.12. The van der Waals surface area contributed by atoms with Gasteiger partial charge in [-0.1, -0.05) is 49.4 Å². The summed E-state index contributed by atoms with van der Waals surface area (Å²) in [6, 6.07) is 18.8. The zero-order valence-electron chi connectivity index (χ0n) is 15.8. The van der Waals surface area contributed by atoms with Gasteiger partial charge in [-0.3, -0.25) is 0 Å². The van der Waals surface area contributed by atoms with Crippen LogP contribution in [-0.2, 0) is 17.7 Å². The van der Waals surface area contributed by atoms with Gasteiger partial charge in [0.05, 0.1) is 31.2 Å². The molecule has 5 nitrogen and oxygen atoms in total. The number of benzene rings is 2. The smallest absolute Gasteiger partial charge is 0.0972 e. The lowest BCUT2D eigenvalue weighted by molar-refractivity contribution is 0.0938. The molecule has 2 aromatic carbocycles. The topological polar surface area (TPSA) is 59.3 Å². The number of aromatic nitrogens is 2. The maximum absolute atomic E-state index is 8.76. The minimum Gasteiger partial charge on any atom is -0.394 e. The Labute approximate surface area is 160 Å². The van der Waals surface area contributed by atoms with Crippen molar-refractivity contribution in [2.45, 2.75) is 19.9 Å². The lowest BCUT2D eigenvalue weighted by Crippen LogP contribution is -2.20. The van der Waals surface area contributed by atoms with Gasteiger partial charge >= 0.3 is 0 Å². The molecule has 0 spiro atoms. The molecule has 0 amide bonds. The number of aliphatic hydroxyl groups excluding tert-OH is 1. The van der Waals surface area contributed by atoms with Gasteiger partial charge in [0.1, 0.15) is 0 Å². The third kappa shape index (κ3) is 5.26. The molecular formula is C22H27N3O2. The van der Waals surface area contributed by atoms with Gasteiger partial charge in [0.2, 0.25) is 0 Å². The van der Waals surface area contributed by atoms with Crippen LogP contribution in [0.5, 0.6) is 0 Å². The molecule has 0 aliphatic rings. The van der Waals surface area contributed by atoms with Gasteiger partial charge in [-0.05, 0) is 24.1 Å². The summed E-state index contributed by atoms with van der Waals surface area (Å²) in [5.74, 6) is 0. The molecule has 0 aliphatic carbocycles. The lowest BCUT2D eigenvalue weighted by atomic mass is 10.1. The Kier molecular flexibility index (Phi) is 7.16. The molecule has 0 aliphatic heterocycles. The number of rotatable bonds is 10. The van der Waals surface area contributed by atoms with E-state index in [-0.39, 0.29) is 6.61 Å². The first kappa shape index (κ1) is 19.3. The third-order valence-corrected chi connectivity index (χ3v) is 4.42. The number of nitrogens with zero attached hydrogens (tertiary/aromatic N) is 2. The highest BCUT2D eigenvalue weighted by atomic mass is 16.5. The Hall–Kier alpha value is -2.47. The van der Waals surface area contributed by atoms with Gasteiger partial charge in [-0.25, -0.2) is 4.68 Å². The summed E-state index contributed by atoms with van der Waals surface area (Å²) in [5.41, 5.74) is 5.62. The van der Waals surface area contributed by atoms with Gasteiger partial charge in [-0.15, -0.1) is 0 Å². The van der Waals surface area contributed by atoms with Crippen molar-refractivity contribution in [2.24, 2.45) is 0 Å². The molecule has 1 heterocycles. The Bertz CT molecular complexity index is 813. The second kappa shape index (κ2) is 10.0. The summed E-state index contributed by atoms with van der Waals surface area (Å²) in [6.45, 7) is 4.61. The SMILES string of the molecule is CCc1ccc(-c2nn(-c3ccccc3)cc2CNCCOCCO)cc1. The summed E-state index contributed by atoms with van der Waals surface area (Å²) in [4.78, 5) is 0. The quantitative estimate of drug-likeness (QED) is 0.542. The first-order valence-electron chi connectivity index (χ1n) is 9.44. The van der Waals surface area contributed by atoms with E-state index < -0.39 is 0 Å². The van der Waals surface area contributed by atoms with Crippen molar-refractivity contribution in [1.82, 2.24) is 15.1 Å². The van der Waals surface area contributed by atoms with E-state index in [4.69, 9.17) is 14.9 Å². The molecule has 0 unspecified atom stereocenters. The van der Waals surface area contributed by atoms with Crippen LogP contribution in [0.3, 0.4) is 0 Å². The van der Waals surface area contributed by atoms with Crippen LogP contribution in [-0.4, -0.2) is 41.3 Å². The lowest BCUT2D eigenvalue weighted by Gasteiger charge is -2.06. The van der Waals surface area contributed by atoms with Gasteiger partial charge in [0.15, 0.2) is 0 Å². The Morgan fingerprint density at radius 2 is 1.81 bits per heavy atom. The van der Waals surface area contributed by atoms with Crippen molar-refractivity contribution in [3.63, 3.8) is 0 Å². The van der Waals surface area contributed by atoms with Crippen LogP contribution in [0.15, 0.2) is 60.8 Å². The fourth-order valence-electron chi connectivity index (χ4n) is 2.93. The van der Waals surface area contributed by atoms with Crippen molar-refractivity contribution in [2.75, 3.05) is 26.4 Å². The largest absolute Gasteiger partial charge is 0.394 e. The average molecular weight is 365 g/mol. The van der Waals surface area contributed by atoms with Crippen molar-refractivity contribution in [1.29, 1.82) is 0 Å². The normalized spacial score (nSPS) is 11.0. The molecule has 0 bridgehead atoms. The van der Waals surface area contributed by atoms with E-state index in [1.165, 1.54) is 5.56 Å². The zero-order chi connectivity index (χ0) is 18.9. The predicted molar refractivity (Wildman–Crippen MR) is 108 cm³/mol. The molecule has 2 N–H and O–H groups in total. The van der Waals surface area contributed by atoms with E-state index in [0.29, 0.717) is 19.8 Å². The number of para-hydroxylation sites is 1. The number of ether oxygens (including phenoxy) is 1. The van der Waals surface area contributed by atoms with E-state index in [2.05, 4.69) is 54.8 Å². The summed E-state index contributed by atoms with van der Waals surface area (Å²) in [6.07, 6.45) is 3.11. The van der Waals surface area contributed by atoms with E-state index in [1.807, 2.05) is 22.9 Å². The molecular weight excluding hydrogens is 338 g/mol. The van der Waals surface area contributed by atoms with Crippen LogP contribution in [0.2, 0.25) is 0 Å². The fourth-order valence-corrected chi connectivity index (χ4v) is 2.93. The maximum Gasteiger partial charge on any atom is 0.0972 e. The highest BCUT2D eigenvalue weighted by Crippen LogP contribution is 2.24. The first-order chi connectivity index (χ1) is 13.3. The van der Waals surface area contributed by atoms with Crippen molar-refractivity contribution in [3.8, 4) is 16.9 Å². The van der Waals surface area contributed by atoms with Gasteiger partial charge in [0, 0.05) is 30.4 Å².